The number of rotatable bonds is 8. The first-order chi connectivity index (χ1) is 8.69. The van der Waals surface area contributed by atoms with Gasteiger partial charge in [0.25, 0.3) is 0 Å². The quantitative estimate of drug-likeness (QED) is 0.667. The lowest BCUT2D eigenvalue weighted by Crippen LogP contribution is -2.02. The Morgan fingerprint density at radius 1 is 1.06 bits per heavy atom. The van der Waals surface area contributed by atoms with E-state index in [1.54, 1.807) is 32.4 Å². The zero-order valence-electron chi connectivity index (χ0n) is 11.2. The van der Waals surface area contributed by atoms with Gasteiger partial charge in [0.1, 0.15) is 23.0 Å². The number of carbonyl (C=O) groups is 1. The van der Waals surface area contributed by atoms with Crippen LogP contribution in [0.2, 0.25) is 0 Å². The molecule has 0 amide bonds. The summed E-state index contributed by atoms with van der Waals surface area (Å²) in [6, 6.07) is 5.38. The Morgan fingerprint density at radius 3 is 2.11 bits per heavy atom. The number of methoxy groups -OCH3 is 2. The summed E-state index contributed by atoms with van der Waals surface area (Å²) in [6.45, 7) is 2.39. The molecule has 0 fully saturated rings. The molecule has 100 valence electrons. The van der Waals surface area contributed by atoms with Crippen molar-refractivity contribution >= 4 is 5.78 Å². The van der Waals surface area contributed by atoms with E-state index in [1.165, 1.54) is 0 Å². The van der Waals surface area contributed by atoms with Crippen molar-refractivity contribution in [2.24, 2.45) is 0 Å². The van der Waals surface area contributed by atoms with E-state index in [-0.39, 0.29) is 5.78 Å². The Morgan fingerprint density at radius 2 is 1.61 bits per heavy atom. The summed E-state index contributed by atoms with van der Waals surface area (Å²) < 4.78 is 15.9. The fourth-order valence-corrected chi connectivity index (χ4v) is 1.50. The SMILES string of the molecule is CCC(=O)CCCOc1cc(OC)cc(OC)c1. The molecule has 4 heteroatoms. The summed E-state index contributed by atoms with van der Waals surface area (Å²) in [4.78, 5) is 11.1. The molecule has 0 atom stereocenters. The standard InChI is InChI=1S/C14H20O4/c1-4-11(15)6-5-7-18-14-9-12(16-2)8-13(10-14)17-3/h8-10H,4-7H2,1-3H3. The molecule has 1 rings (SSSR count). The average molecular weight is 252 g/mol. The van der Waals surface area contributed by atoms with Crippen molar-refractivity contribution in [3.63, 3.8) is 0 Å². The molecule has 0 saturated carbocycles. The van der Waals surface area contributed by atoms with Crippen LogP contribution in [0, 0.1) is 0 Å². The number of hydrogen-bond acceptors (Lipinski definition) is 4. The van der Waals surface area contributed by atoms with Crippen molar-refractivity contribution in [3.05, 3.63) is 18.2 Å². The lowest BCUT2D eigenvalue weighted by molar-refractivity contribution is -0.118. The number of Topliss-reactive ketones (excluding diaryl/α,β-unsaturated/α-hetero) is 1. The molecule has 1 aromatic carbocycles. The van der Waals surface area contributed by atoms with Crippen LogP contribution < -0.4 is 14.2 Å². The predicted molar refractivity (Wildman–Crippen MR) is 69.6 cm³/mol. The van der Waals surface area contributed by atoms with Gasteiger partial charge < -0.3 is 14.2 Å². The summed E-state index contributed by atoms with van der Waals surface area (Å²) in [6.07, 6.45) is 1.89. The number of ketones is 1. The van der Waals surface area contributed by atoms with Crippen molar-refractivity contribution in [3.8, 4) is 17.2 Å². The Kier molecular flexibility index (Phi) is 6.05. The molecule has 0 aliphatic heterocycles. The molecule has 0 bridgehead atoms. The van der Waals surface area contributed by atoms with Gasteiger partial charge in [-0.05, 0) is 6.42 Å². The van der Waals surface area contributed by atoms with Gasteiger partial charge in [0, 0.05) is 31.0 Å². The second-order valence-corrected chi connectivity index (χ2v) is 3.89. The van der Waals surface area contributed by atoms with Gasteiger partial charge in [-0.2, -0.15) is 0 Å². The second-order valence-electron chi connectivity index (χ2n) is 3.89. The van der Waals surface area contributed by atoms with Crippen molar-refractivity contribution in [2.75, 3.05) is 20.8 Å². The molecular formula is C14H20O4. The van der Waals surface area contributed by atoms with E-state index >= 15 is 0 Å². The largest absolute Gasteiger partial charge is 0.496 e. The van der Waals surface area contributed by atoms with E-state index in [2.05, 4.69) is 0 Å². The van der Waals surface area contributed by atoms with Crippen LogP contribution in [0.4, 0.5) is 0 Å². The normalized spacial score (nSPS) is 9.94. The molecular weight excluding hydrogens is 232 g/mol. The van der Waals surface area contributed by atoms with Gasteiger partial charge in [0.05, 0.1) is 20.8 Å². The maximum Gasteiger partial charge on any atom is 0.132 e. The predicted octanol–water partition coefficient (Wildman–Crippen LogP) is 2.84. The van der Waals surface area contributed by atoms with Gasteiger partial charge in [-0.3, -0.25) is 4.79 Å². The highest BCUT2D eigenvalue weighted by Gasteiger charge is 2.03. The van der Waals surface area contributed by atoms with Crippen LogP contribution in [0.25, 0.3) is 0 Å². The van der Waals surface area contributed by atoms with E-state index in [9.17, 15) is 4.79 Å². The average Bonchev–Trinajstić information content (AvgIpc) is 2.42. The van der Waals surface area contributed by atoms with Crippen LogP contribution in [-0.4, -0.2) is 26.6 Å². The number of ether oxygens (including phenoxy) is 3. The van der Waals surface area contributed by atoms with Crippen LogP contribution >= 0.6 is 0 Å². The van der Waals surface area contributed by atoms with Crippen molar-refractivity contribution in [1.82, 2.24) is 0 Å². The maximum absolute atomic E-state index is 11.1. The Labute approximate surface area is 108 Å². The lowest BCUT2D eigenvalue weighted by atomic mass is 10.2. The summed E-state index contributed by atoms with van der Waals surface area (Å²) in [5.74, 6) is 2.33. The minimum Gasteiger partial charge on any atom is -0.496 e. The molecule has 0 heterocycles. The first-order valence-corrected chi connectivity index (χ1v) is 6.07. The molecule has 0 spiro atoms. The first kappa shape index (κ1) is 14.4. The third-order valence-corrected chi connectivity index (χ3v) is 2.59. The van der Waals surface area contributed by atoms with Crippen molar-refractivity contribution in [1.29, 1.82) is 0 Å². The minimum atomic E-state index is 0.266. The Balaban J connectivity index is 2.48. The third kappa shape index (κ3) is 4.65. The van der Waals surface area contributed by atoms with E-state index in [0.29, 0.717) is 36.7 Å². The molecule has 1 aromatic rings. The molecule has 18 heavy (non-hydrogen) atoms. The topological polar surface area (TPSA) is 44.8 Å². The fourth-order valence-electron chi connectivity index (χ4n) is 1.50. The molecule has 0 N–H and O–H groups in total. The van der Waals surface area contributed by atoms with Gasteiger partial charge in [-0.25, -0.2) is 0 Å². The van der Waals surface area contributed by atoms with E-state index in [1.807, 2.05) is 6.92 Å². The zero-order chi connectivity index (χ0) is 13.4. The van der Waals surface area contributed by atoms with Crippen molar-refractivity contribution < 1.29 is 19.0 Å². The molecule has 0 saturated heterocycles. The van der Waals surface area contributed by atoms with Crippen LogP contribution in [0.15, 0.2) is 18.2 Å². The maximum atomic E-state index is 11.1. The van der Waals surface area contributed by atoms with E-state index < -0.39 is 0 Å². The monoisotopic (exact) mass is 252 g/mol. The molecule has 4 nitrogen and oxygen atoms in total. The number of benzene rings is 1. The Hall–Kier alpha value is -1.71. The molecule has 0 aromatic heterocycles. The highest BCUT2D eigenvalue weighted by Crippen LogP contribution is 2.27. The van der Waals surface area contributed by atoms with Crippen molar-refractivity contribution in [2.45, 2.75) is 26.2 Å². The van der Waals surface area contributed by atoms with Crippen LogP contribution in [0.1, 0.15) is 26.2 Å². The second kappa shape index (κ2) is 7.58. The van der Waals surface area contributed by atoms with Gasteiger partial charge in [0.2, 0.25) is 0 Å². The Bertz CT molecular complexity index is 365. The molecule has 0 aliphatic carbocycles. The van der Waals surface area contributed by atoms with Gasteiger partial charge in [-0.15, -0.1) is 0 Å². The van der Waals surface area contributed by atoms with Crippen LogP contribution in [0.5, 0.6) is 17.2 Å². The summed E-state index contributed by atoms with van der Waals surface area (Å²) in [7, 11) is 3.19. The molecule has 0 aliphatic rings. The first-order valence-electron chi connectivity index (χ1n) is 6.07. The zero-order valence-corrected chi connectivity index (χ0v) is 11.2. The number of hydrogen-bond donors (Lipinski definition) is 0. The highest BCUT2D eigenvalue weighted by atomic mass is 16.5. The van der Waals surface area contributed by atoms with E-state index in [4.69, 9.17) is 14.2 Å². The lowest BCUT2D eigenvalue weighted by Gasteiger charge is -2.10. The van der Waals surface area contributed by atoms with E-state index in [0.717, 1.165) is 6.42 Å². The van der Waals surface area contributed by atoms with Crippen LogP contribution in [0.3, 0.4) is 0 Å². The molecule has 0 radical (unpaired) electrons. The van der Waals surface area contributed by atoms with Gasteiger partial charge in [0.15, 0.2) is 0 Å². The summed E-state index contributed by atoms with van der Waals surface area (Å²) >= 11 is 0. The van der Waals surface area contributed by atoms with Gasteiger partial charge in [-0.1, -0.05) is 6.92 Å². The van der Waals surface area contributed by atoms with Gasteiger partial charge >= 0.3 is 0 Å². The summed E-state index contributed by atoms with van der Waals surface area (Å²) in [5.41, 5.74) is 0. The smallest absolute Gasteiger partial charge is 0.132 e. The van der Waals surface area contributed by atoms with Crippen LogP contribution in [-0.2, 0) is 4.79 Å². The fraction of sp³-hybridized carbons (Fsp3) is 0.500. The molecule has 0 unspecified atom stereocenters. The highest BCUT2D eigenvalue weighted by molar-refractivity contribution is 5.77. The minimum absolute atomic E-state index is 0.266. The summed E-state index contributed by atoms with van der Waals surface area (Å²) in [5, 5.41) is 0. The third-order valence-electron chi connectivity index (χ3n) is 2.59. The number of carbonyl (C=O) groups excluding carboxylic acids is 1.